The van der Waals surface area contributed by atoms with E-state index in [0.717, 1.165) is 31.7 Å². The van der Waals surface area contributed by atoms with Crippen molar-refractivity contribution in [3.8, 4) is 0 Å². The highest BCUT2D eigenvalue weighted by Gasteiger charge is 2.19. The van der Waals surface area contributed by atoms with Crippen molar-refractivity contribution in [2.24, 2.45) is 0 Å². The highest BCUT2D eigenvalue weighted by molar-refractivity contribution is 6.35. The SMILES string of the molecule is C[C@H](NC(=O)C(=O)NNC(=O)CCN1CCN(c2ccccc2)CC1)c1cccnc1. The Kier molecular flexibility index (Phi) is 7.94. The van der Waals surface area contributed by atoms with Gasteiger partial charge in [-0.05, 0) is 30.7 Å². The van der Waals surface area contributed by atoms with E-state index in [1.54, 1.807) is 31.5 Å². The Hall–Kier alpha value is -3.46. The molecule has 1 aliphatic rings. The average molecular weight is 425 g/mol. The van der Waals surface area contributed by atoms with Crippen molar-refractivity contribution in [1.29, 1.82) is 0 Å². The van der Waals surface area contributed by atoms with E-state index in [9.17, 15) is 14.4 Å². The summed E-state index contributed by atoms with van der Waals surface area (Å²) in [5.74, 6) is -2.08. The maximum atomic E-state index is 12.0. The zero-order valence-corrected chi connectivity index (χ0v) is 17.6. The number of nitrogens with one attached hydrogen (secondary N) is 3. The molecule has 1 aromatic carbocycles. The van der Waals surface area contributed by atoms with Crippen molar-refractivity contribution < 1.29 is 14.4 Å². The van der Waals surface area contributed by atoms with E-state index >= 15 is 0 Å². The van der Waals surface area contributed by atoms with Gasteiger partial charge < -0.3 is 10.2 Å². The number of hydrogen-bond donors (Lipinski definition) is 3. The Morgan fingerprint density at radius 3 is 2.39 bits per heavy atom. The molecule has 0 unspecified atom stereocenters. The molecule has 31 heavy (non-hydrogen) atoms. The summed E-state index contributed by atoms with van der Waals surface area (Å²) < 4.78 is 0. The van der Waals surface area contributed by atoms with Crippen molar-refractivity contribution in [3.05, 3.63) is 60.4 Å². The minimum Gasteiger partial charge on any atom is -0.369 e. The number of anilines is 1. The average Bonchev–Trinajstić information content (AvgIpc) is 2.82. The molecule has 0 spiro atoms. The number of carbonyl (C=O) groups is 3. The lowest BCUT2D eigenvalue weighted by Gasteiger charge is -2.36. The van der Waals surface area contributed by atoms with Crippen LogP contribution in [0.2, 0.25) is 0 Å². The first-order chi connectivity index (χ1) is 15.0. The van der Waals surface area contributed by atoms with Gasteiger partial charge in [0.25, 0.3) is 0 Å². The van der Waals surface area contributed by atoms with Gasteiger partial charge in [-0.15, -0.1) is 0 Å². The number of hydrogen-bond acceptors (Lipinski definition) is 6. The molecule has 164 valence electrons. The summed E-state index contributed by atoms with van der Waals surface area (Å²) >= 11 is 0. The van der Waals surface area contributed by atoms with E-state index in [1.165, 1.54) is 5.69 Å². The van der Waals surface area contributed by atoms with Gasteiger partial charge in [0.2, 0.25) is 5.91 Å². The van der Waals surface area contributed by atoms with Gasteiger partial charge in [-0.1, -0.05) is 24.3 Å². The zero-order valence-electron chi connectivity index (χ0n) is 17.6. The van der Waals surface area contributed by atoms with Crippen molar-refractivity contribution in [3.63, 3.8) is 0 Å². The van der Waals surface area contributed by atoms with Crippen LogP contribution in [0.1, 0.15) is 24.9 Å². The maximum Gasteiger partial charge on any atom is 0.327 e. The van der Waals surface area contributed by atoms with Gasteiger partial charge in [-0.25, -0.2) is 0 Å². The summed E-state index contributed by atoms with van der Waals surface area (Å²) in [6, 6.07) is 13.4. The Morgan fingerprint density at radius 2 is 1.71 bits per heavy atom. The smallest absolute Gasteiger partial charge is 0.327 e. The summed E-state index contributed by atoms with van der Waals surface area (Å²) in [7, 11) is 0. The van der Waals surface area contributed by atoms with Crippen LogP contribution in [-0.4, -0.2) is 60.3 Å². The molecule has 3 amide bonds. The lowest BCUT2D eigenvalue weighted by atomic mass is 10.1. The van der Waals surface area contributed by atoms with Crippen LogP contribution >= 0.6 is 0 Å². The van der Waals surface area contributed by atoms with Crippen LogP contribution in [0, 0.1) is 0 Å². The van der Waals surface area contributed by atoms with Gasteiger partial charge in [0.15, 0.2) is 0 Å². The first-order valence-electron chi connectivity index (χ1n) is 10.3. The Morgan fingerprint density at radius 1 is 0.968 bits per heavy atom. The van der Waals surface area contributed by atoms with Crippen LogP contribution < -0.4 is 21.1 Å². The molecule has 3 N–H and O–H groups in total. The second-order valence-electron chi connectivity index (χ2n) is 7.40. The number of hydrazine groups is 1. The van der Waals surface area contributed by atoms with Crippen molar-refractivity contribution >= 4 is 23.4 Å². The minimum atomic E-state index is -0.916. The second kappa shape index (κ2) is 11.1. The number of benzene rings is 1. The predicted molar refractivity (Wildman–Crippen MR) is 117 cm³/mol. The molecule has 1 fully saturated rings. The molecule has 0 saturated carbocycles. The minimum absolute atomic E-state index is 0.235. The Bertz CT molecular complexity index is 869. The van der Waals surface area contributed by atoms with Gasteiger partial charge in [-0.2, -0.15) is 0 Å². The number of para-hydroxylation sites is 1. The van der Waals surface area contributed by atoms with E-state index in [2.05, 4.69) is 43.1 Å². The van der Waals surface area contributed by atoms with Gasteiger partial charge in [0.1, 0.15) is 0 Å². The molecule has 2 aromatic rings. The molecule has 2 heterocycles. The fourth-order valence-electron chi connectivity index (χ4n) is 3.35. The first-order valence-corrected chi connectivity index (χ1v) is 10.3. The molecule has 1 atom stereocenters. The fourth-order valence-corrected chi connectivity index (χ4v) is 3.35. The molecule has 0 radical (unpaired) electrons. The van der Waals surface area contributed by atoms with Crippen LogP contribution in [0.4, 0.5) is 5.69 Å². The van der Waals surface area contributed by atoms with Crippen LogP contribution in [0.15, 0.2) is 54.9 Å². The quantitative estimate of drug-likeness (QED) is 0.464. The first kappa shape index (κ1) is 22.2. The third-order valence-electron chi connectivity index (χ3n) is 5.20. The molecule has 1 saturated heterocycles. The van der Waals surface area contributed by atoms with Gasteiger partial charge in [0.05, 0.1) is 6.04 Å². The van der Waals surface area contributed by atoms with Gasteiger partial charge in [-0.3, -0.25) is 35.1 Å². The molecule has 3 rings (SSSR count). The van der Waals surface area contributed by atoms with E-state index in [4.69, 9.17) is 0 Å². The summed E-state index contributed by atoms with van der Waals surface area (Å²) in [6.45, 7) is 5.87. The van der Waals surface area contributed by atoms with E-state index < -0.39 is 11.8 Å². The maximum absolute atomic E-state index is 12.0. The van der Waals surface area contributed by atoms with Crippen molar-refractivity contribution in [1.82, 2.24) is 26.1 Å². The number of aromatic nitrogens is 1. The lowest BCUT2D eigenvalue weighted by Crippen LogP contribution is -2.50. The largest absolute Gasteiger partial charge is 0.369 e. The van der Waals surface area contributed by atoms with E-state index in [-0.39, 0.29) is 18.4 Å². The van der Waals surface area contributed by atoms with E-state index in [1.807, 2.05) is 18.2 Å². The Labute approximate surface area is 181 Å². The number of rotatable bonds is 6. The van der Waals surface area contributed by atoms with Crippen LogP contribution in [0.3, 0.4) is 0 Å². The Balaban J connectivity index is 1.32. The highest BCUT2D eigenvalue weighted by atomic mass is 16.2. The fraction of sp³-hybridized carbons (Fsp3) is 0.364. The van der Waals surface area contributed by atoms with Gasteiger partial charge >= 0.3 is 11.8 Å². The number of carbonyl (C=O) groups excluding carboxylic acids is 3. The van der Waals surface area contributed by atoms with Crippen LogP contribution in [0.25, 0.3) is 0 Å². The molecular weight excluding hydrogens is 396 g/mol. The number of amides is 3. The molecule has 0 bridgehead atoms. The lowest BCUT2D eigenvalue weighted by molar-refractivity contribution is -0.141. The molecular formula is C22H28N6O3. The standard InChI is InChI=1S/C22H28N6O3/c1-17(18-6-5-10-23-16-18)24-21(30)22(31)26-25-20(29)9-11-27-12-14-28(15-13-27)19-7-3-2-4-8-19/h2-8,10,16-17H,9,11-15H2,1H3,(H,24,30)(H,25,29)(H,26,31)/t17-/m0/s1. The molecule has 0 aliphatic carbocycles. The van der Waals surface area contributed by atoms with E-state index in [0.29, 0.717) is 6.54 Å². The number of piperazine rings is 1. The monoisotopic (exact) mass is 424 g/mol. The zero-order chi connectivity index (χ0) is 22.1. The number of pyridine rings is 1. The predicted octanol–water partition coefficient (Wildman–Crippen LogP) is 0.619. The topological polar surface area (TPSA) is 107 Å². The van der Waals surface area contributed by atoms with Gasteiger partial charge in [0, 0.05) is 57.2 Å². The molecule has 1 aliphatic heterocycles. The summed E-state index contributed by atoms with van der Waals surface area (Å²) in [5.41, 5.74) is 6.45. The van der Waals surface area contributed by atoms with Crippen LogP contribution in [-0.2, 0) is 14.4 Å². The summed E-state index contributed by atoms with van der Waals surface area (Å²) in [6.07, 6.45) is 3.48. The molecule has 9 nitrogen and oxygen atoms in total. The summed E-state index contributed by atoms with van der Waals surface area (Å²) in [4.78, 5) is 44.5. The van der Waals surface area contributed by atoms with Crippen LogP contribution in [0.5, 0.6) is 0 Å². The van der Waals surface area contributed by atoms with Crippen molar-refractivity contribution in [2.45, 2.75) is 19.4 Å². The molecule has 9 heteroatoms. The third kappa shape index (κ3) is 6.78. The summed E-state index contributed by atoms with van der Waals surface area (Å²) in [5, 5.41) is 2.57. The second-order valence-corrected chi connectivity index (χ2v) is 7.40. The normalized spacial score (nSPS) is 15.1. The number of nitrogens with zero attached hydrogens (tertiary/aromatic N) is 3. The molecule has 1 aromatic heterocycles. The van der Waals surface area contributed by atoms with Crippen molar-refractivity contribution in [2.75, 3.05) is 37.6 Å². The third-order valence-corrected chi connectivity index (χ3v) is 5.20. The highest BCUT2D eigenvalue weighted by Crippen LogP contribution is 2.15.